The second-order valence-corrected chi connectivity index (χ2v) is 7.28. The van der Waals surface area contributed by atoms with Gasteiger partial charge >= 0.3 is 5.97 Å². The van der Waals surface area contributed by atoms with Crippen LogP contribution in [0.15, 0.2) is 0 Å². The molecule has 5 amide bonds. The monoisotopic (exact) mass is 444 g/mol. The van der Waals surface area contributed by atoms with Gasteiger partial charge in [-0.1, -0.05) is 20.3 Å². The summed E-state index contributed by atoms with van der Waals surface area (Å²) in [6, 6.07) is -4.91. The fraction of sp³-hybridized carbons (Fsp3) is 0.667. The number of carboxylic acids is 1. The lowest BCUT2D eigenvalue weighted by Crippen LogP contribution is -2.57. The predicted molar refractivity (Wildman–Crippen MR) is 109 cm³/mol. The van der Waals surface area contributed by atoms with Crippen LogP contribution in [0.25, 0.3) is 0 Å². The molecule has 5 unspecified atom stereocenters. The quantitative estimate of drug-likeness (QED) is 0.146. The molecule has 5 atom stereocenters. The number of aliphatic carboxylic acids is 1. The van der Waals surface area contributed by atoms with Crippen LogP contribution in [-0.4, -0.2) is 64.8 Å². The van der Waals surface area contributed by atoms with Gasteiger partial charge in [0.25, 0.3) is 0 Å². The Morgan fingerprint density at radius 1 is 0.871 bits per heavy atom. The number of hydrogen-bond acceptors (Lipinski definition) is 7. The zero-order valence-corrected chi connectivity index (χ0v) is 17.8. The molecule has 0 aromatic rings. The van der Waals surface area contributed by atoms with Gasteiger partial charge in [-0.2, -0.15) is 0 Å². The van der Waals surface area contributed by atoms with Crippen LogP contribution in [0.2, 0.25) is 0 Å². The molecule has 0 fully saturated rings. The minimum Gasteiger partial charge on any atom is -0.480 e. The van der Waals surface area contributed by atoms with Crippen molar-refractivity contribution < 1.29 is 33.9 Å². The average Bonchev–Trinajstić information content (AvgIpc) is 2.67. The smallest absolute Gasteiger partial charge is 0.326 e. The zero-order chi connectivity index (χ0) is 24.3. The molecule has 0 aliphatic carbocycles. The van der Waals surface area contributed by atoms with Crippen molar-refractivity contribution in [3.63, 3.8) is 0 Å². The highest BCUT2D eigenvalue weighted by atomic mass is 16.4. The standard InChI is InChI=1S/C18H32N6O7/c1-4-8(2)14(18(30)31)24-17(29)11(7-13(21)26)23-15(27)9(3)22-16(28)10(19)5-6-12(20)25/h8-11,14H,4-7,19H2,1-3H3,(H2,20,25)(H2,21,26)(H,22,28)(H,23,27)(H,24,29)(H,30,31). The highest BCUT2D eigenvalue weighted by Crippen LogP contribution is 2.09. The maximum atomic E-state index is 12.5. The van der Waals surface area contributed by atoms with E-state index >= 15 is 0 Å². The van der Waals surface area contributed by atoms with Gasteiger partial charge in [-0.3, -0.25) is 24.0 Å². The first-order chi connectivity index (χ1) is 14.3. The number of carboxylic acid groups (broad SMARTS) is 1. The van der Waals surface area contributed by atoms with Crippen molar-refractivity contribution in [2.45, 2.75) is 70.6 Å². The molecule has 0 rings (SSSR count). The van der Waals surface area contributed by atoms with E-state index in [9.17, 15) is 33.9 Å². The normalized spacial score (nSPS) is 15.5. The Bertz CT molecular complexity index is 699. The first kappa shape index (κ1) is 27.8. The van der Waals surface area contributed by atoms with E-state index < -0.39 is 72.0 Å². The fourth-order valence-corrected chi connectivity index (χ4v) is 2.46. The third-order valence-corrected chi connectivity index (χ3v) is 4.61. The van der Waals surface area contributed by atoms with E-state index in [4.69, 9.17) is 17.2 Å². The molecule has 0 spiro atoms. The lowest BCUT2D eigenvalue weighted by Gasteiger charge is -2.25. The summed E-state index contributed by atoms with van der Waals surface area (Å²) in [5.41, 5.74) is 15.7. The number of carbonyl (C=O) groups is 6. The Morgan fingerprint density at radius 3 is 1.90 bits per heavy atom. The van der Waals surface area contributed by atoms with Gasteiger partial charge < -0.3 is 38.3 Å². The van der Waals surface area contributed by atoms with Crippen LogP contribution in [0.3, 0.4) is 0 Å². The third-order valence-electron chi connectivity index (χ3n) is 4.61. The molecule has 0 heterocycles. The second-order valence-electron chi connectivity index (χ2n) is 7.28. The van der Waals surface area contributed by atoms with E-state index in [1.807, 2.05) is 0 Å². The molecule has 0 bridgehead atoms. The van der Waals surface area contributed by atoms with Gasteiger partial charge in [-0.25, -0.2) is 4.79 Å². The van der Waals surface area contributed by atoms with Crippen LogP contribution in [0.5, 0.6) is 0 Å². The molecule has 0 radical (unpaired) electrons. The number of primary amides is 2. The minimum atomic E-state index is -1.45. The van der Waals surface area contributed by atoms with Crippen LogP contribution in [-0.2, 0) is 28.8 Å². The first-order valence-corrected chi connectivity index (χ1v) is 9.76. The lowest BCUT2D eigenvalue weighted by atomic mass is 9.98. The topological polar surface area (TPSA) is 237 Å². The molecule has 31 heavy (non-hydrogen) atoms. The Labute approximate surface area is 179 Å². The van der Waals surface area contributed by atoms with Crippen LogP contribution in [0, 0.1) is 5.92 Å². The Morgan fingerprint density at radius 2 is 1.45 bits per heavy atom. The Balaban J connectivity index is 5.13. The molecule has 13 heteroatoms. The number of carbonyl (C=O) groups excluding carboxylic acids is 5. The molecule has 0 saturated carbocycles. The number of amides is 5. The van der Waals surface area contributed by atoms with Crippen molar-refractivity contribution in [1.29, 1.82) is 0 Å². The van der Waals surface area contributed by atoms with Crippen LogP contribution < -0.4 is 33.2 Å². The summed E-state index contributed by atoms with van der Waals surface area (Å²) in [4.78, 5) is 70.4. The van der Waals surface area contributed by atoms with Crippen molar-refractivity contribution >= 4 is 35.5 Å². The van der Waals surface area contributed by atoms with Crippen molar-refractivity contribution in [1.82, 2.24) is 16.0 Å². The molecular formula is C18H32N6O7. The summed E-state index contributed by atoms with van der Waals surface area (Å²) in [5, 5.41) is 16.2. The molecule has 0 aromatic heterocycles. The second kappa shape index (κ2) is 13.2. The van der Waals surface area contributed by atoms with E-state index in [1.165, 1.54) is 6.92 Å². The average molecular weight is 444 g/mol. The maximum Gasteiger partial charge on any atom is 0.326 e. The van der Waals surface area contributed by atoms with E-state index in [0.29, 0.717) is 6.42 Å². The molecule has 0 aromatic carbocycles. The molecule has 10 N–H and O–H groups in total. The van der Waals surface area contributed by atoms with Gasteiger partial charge in [-0.15, -0.1) is 0 Å². The molecule has 176 valence electrons. The summed E-state index contributed by atoms with van der Waals surface area (Å²) < 4.78 is 0. The van der Waals surface area contributed by atoms with Gasteiger partial charge in [0.1, 0.15) is 18.1 Å². The van der Waals surface area contributed by atoms with Crippen LogP contribution >= 0.6 is 0 Å². The van der Waals surface area contributed by atoms with Gasteiger partial charge in [0, 0.05) is 6.42 Å². The van der Waals surface area contributed by atoms with Crippen LogP contribution in [0.1, 0.15) is 46.5 Å². The van der Waals surface area contributed by atoms with E-state index in [1.54, 1.807) is 13.8 Å². The van der Waals surface area contributed by atoms with Gasteiger partial charge in [-0.05, 0) is 19.3 Å². The molecule has 0 aliphatic heterocycles. The lowest BCUT2D eigenvalue weighted by molar-refractivity contribution is -0.144. The molecule has 0 saturated heterocycles. The summed E-state index contributed by atoms with van der Waals surface area (Å²) in [6.07, 6.45) is -0.252. The van der Waals surface area contributed by atoms with Gasteiger partial charge in [0.05, 0.1) is 12.5 Å². The number of rotatable bonds is 14. The maximum absolute atomic E-state index is 12.5. The molecule has 13 nitrogen and oxygen atoms in total. The van der Waals surface area contributed by atoms with Crippen molar-refractivity contribution in [3.8, 4) is 0 Å². The van der Waals surface area contributed by atoms with Crippen LogP contribution in [0.4, 0.5) is 0 Å². The number of hydrogen-bond donors (Lipinski definition) is 7. The zero-order valence-electron chi connectivity index (χ0n) is 17.8. The van der Waals surface area contributed by atoms with Crippen molar-refractivity contribution in [2.75, 3.05) is 0 Å². The molecular weight excluding hydrogens is 412 g/mol. The number of nitrogens with two attached hydrogens (primary N) is 3. The first-order valence-electron chi connectivity index (χ1n) is 9.76. The highest BCUT2D eigenvalue weighted by Gasteiger charge is 2.31. The van der Waals surface area contributed by atoms with E-state index in [-0.39, 0.29) is 12.8 Å². The summed E-state index contributed by atoms with van der Waals surface area (Å²) in [5.74, 6) is -5.66. The van der Waals surface area contributed by atoms with Gasteiger partial charge in [0.15, 0.2) is 0 Å². The van der Waals surface area contributed by atoms with E-state index in [2.05, 4.69) is 16.0 Å². The molecule has 0 aliphatic rings. The predicted octanol–water partition coefficient (Wildman–Crippen LogP) is -2.94. The largest absolute Gasteiger partial charge is 0.480 e. The Hall–Kier alpha value is -3.22. The highest BCUT2D eigenvalue weighted by molar-refractivity contribution is 5.96. The third kappa shape index (κ3) is 10.4. The number of nitrogens with one attached hydrogen (secondary N) is 3. The SMILES string of the molecule is CCC(C)C(NC(=O)C(CC(N)=O)NC(=O)C(C)NC(=O)C(N)CCC(N)=O)C(=O)O. The van der Waals surface area contributed by atoms with Gasteiger partial charge in [0.2, 0.25) is 29.5 Å². The summed E-state index contributed by atoms with van der Waals surface area (Å²) in [7, 11) is 0. The summed E-state index contributed by atoms with van der Waals surface area (Å²) in [6.45, 7) is 4.68. The fourth-order valence-electron chi connectivity index (χ4n) is 2.46. The Kier molecular flexibility index (Phi) is 11.8. The summed E-state index contributed by atoms with van der Waals surface area (Å²) >= 11 is 0. The van der Waals surface area contributed by atoms with E-state index in [0.717, 1.165) is 0 Å². The van der Waals surface area contributed by atoms with Crippen molar-refractivity contribution in [2.24, 2.45) is 23.1 Å². The minimum absolute atomic E-state index is 0.0194. The van der Waals surface area contributed by atoms with Crippen molar-refractivity contribution in [3.05, 3.63) is 0 Å².